The van der Waals surface area contributed by atoms with Crippen molar-refractivity contribution in [3.63, 3.8) is 0 Å². The highest BCUT2D eigenvalue weighted by atomic mass is 19.1. The summed E-state index contributed by atoms with van der Waals surface area (Å²) in [7, 11) is 0. The van der Waals surface area contributed by atoms with Gasteiger partial charge in [-0.05, 0) is 24.3 Å². The lowest BCUT2D eigenvalue weighted by Crippen LogP contribution is -2.48. The smallest absolute Gasteiger partial charge is 0.272 e. The fourth-order valence-electron chi connectivity index (χ4n) is 3.68. The van der Waals surface area contributed by atoms with Gasteiger partial charge in [0.05, 0.1) is 0 Å². The molecule has 3 heterocycles. The first-order chi connectivity index (χ1) is 14.1. The summed E-state index contributed by atoms with van der Waals surface area (Å²) >= 11 is 0. The third-order valence-corrected chi connectivity index (χ3v) is 5.42. The summed E-state index contributed by atoms with van der Waals surface area (Å²) in [6, 6.07) is 8.26. The number of hydrogen-bond acceptors (Lipinski definition) is 6. The molecule has 2 fully saturated rings. The molecule has 0 aliphatic carbocycles. The van der Waals surface area contributed by atoms with Gasteiger partial charge in [0.15, 0.2) is 0 Å². The molecule has 29 heavy (non-hydrogen) atoms. The van der Waals surface area contributed by atoms with Crippen molar-refractivity contribution < 1.29 is 14.0 Å². The summed E-state index contributed by atoms with van der Waals surface area (Å²) < 4.78 is 13.1. The lowest BCUT2D eigenvalue weighted by atomic mass is 10.2. The molecule has 2 saturated heterocycles. The zero-order chi connectivity index (χ0) is 20.2. The third-order valence-electron chi connectivity index (χ3n) is 5.42. The van der Waals surface area contributed by atoms with E-state index < -0.39 is 0 Å². The second kappa shape index (κ2) is 8.42. The van der Waals surface area contributed by atoms with E-state index in [-0.39, 0.29) is 11.7 Å². The number of rotatable bonds is 4. The summed E-state index contributed by atoms with van der Waals surface area (Å²) in [5.74, 6) is 0.357. The highest BCUT2D eigenvalue weighted by molar-refractivity contribution is 5.93. The minimum Gasteiger partial charge on any atom is -0.368 e. The van der Waals surface area contributed by atoms with E-state index in [4.69, 9.17) is 0 Å². The van der Waals surface area contributed by atoms with Crippen LogP contribution < -0.4 is 9.80 Å². The molecule has 2 amide bonds. The molecule has 0 saturated carbocycles. The van der Waals surface area contributed by atoms with E-state index in [0.29, 0.717) is 31.9 Å². The number of halogens is 1. The highest BCUT2D eigenvalue weighted by Crippen LogP contribution is 2.20. The standard InChI is InChI=1S/C20H23FN6O2/c21-16-1-3-17(4-2-16)25-9-11-26(12-10-25)19-13-18(22-14-23-19)20(29)27-7-5-24(15-28)6-8-27/h1-4,13-15H,5-12H2. The lowest BCUT2D eigenvalue weighted by Gasteiger charge is -2.37. The molecule has 0 spiro atoms. The number of aromatic nitrogens is 2. The van der Waals surface area contributed by atoms with Gasteiger partial charge in [-0.3, -0.25) is 9.59 Å². The van der Waals surface area contributed by atoms with Crippen LogP contribution in [-0.2, 0) is 4.79 Å². The summed E-state index contributed by atoms with van der Waals surface area (Å²) in [5.41, 5.74) is 1.37. The molecule has 8 nitrogen and oxygen atoms in total. The summed E-state index contributed by atoms with van der Waals surface area (Å²) in [6.45, 7) is 5.16. The van der Waals surface area contributed by atoms with Crippen LogP contribution in [0.5, 0.6) is 0 Å². The number of hydrogen-bond donors (Lipinski definition) is 0. The van der Waals surface area contributed by atoms with Gasteiger partial charge in [-0.15, -0.1) is 0 Å². The number of benzene rings is 1. The lowest BCUT2D eigenvalue weighted by molar-refractivity contribution is -0.119. The second-order valence-electron chi connectivity index (χ2n) is 7.15. The van der Waals surface area contributed by atoms with Crippen molar-refractivity contribution in [2.75, 3.05) is 62.2 Å². The molecule has 4 rings (SSSR count). The predicted molar refractivity (Wildman–Crippen MR) is 106 cm³/mol. The summed E-state index contributed by atoms with van der Waals surface area (Å²) in [5, 5.41) is 0. The van der Waals surface area contributed by atoms with Crippen molar-refractivity contribution >= 4 is 23.8 Å². The van der Waals surface area contributed by atoms with Crippen molar-refractivity contribution in [1.82, 2.24) is 19.8 Å². The number of carbonyl (C=O) groups is 2. The molecule has 0 atom stereocenters. The average molecular weight is 398 g/mol. The van der Waals surface area contributed by atoms with Crippen molar-refractivity contribution in [3.8, 4) is 0 Å². The van der Waals surface area contributed by atoms with Gasteiger partial charge in [-0.25, -0.2) is 14.4 Å². The molecule has 152 valence electrons. The van der Waals surface area contributed by atoms with Crippen LogP contribution in [0.2, 0.25) is 0 Å². The molecule has 0 unspecified atom stereocenters. The number of amides is 2. The SMILES string of the molecule is O=CN1CCN(C(=O)c2cc(N3CCN(c4ccc(F)cc4)CC3)ncn2)CC1. The molecule has 0 radical (unpaired) electrons. The van der Waals surface area contributed by atoms with Crippen LogP contribution in [0.4, 0.5) is 15.9 Å². The topological polar surface area (TPSA) is 72.9 Å². The van der Waals surface area contributed by atoms with Crippen LogP contribution in [0.15, 0.2) is 36.7 Å². The maximum Gasteiger partial charge on any atom is 0.272 e. The Morgan fingerprint density at radius 2 is 1.55 bits per heavy atom. The predicted octanol–water partition coefficient (Wildman–Crippen LogP) is 0.856. The summed E-state index contributed by atoms with van der Waals surface area (Å²) in [6.07, 6.45) is 2.24. The molecular weight excluding hydrogens is 375 g/mol. The normalized spacial score (nSPS) is 17.4. The van der Waals surface area contributed by atoms with Gasteiger partial charge in [-0.1, -0.05) is 0 Å². The zero-order valence-electron chi connectivity index (χ0n) is 16.1. The number of carbonyl (C=O) groups excluding carboxylic acids is 2. The quantitative estimate of drug-likeness (QED) is 0.712. The number of nitrogens with zero attached hydrogens (tertiary/aromatic N) is 6. The first-order valence-corrected chi connectivity index (χ1v) is 9.70. The van der Waals surface area contributed by atoms with E-state index in [1.54, 1.807) is 28.0 Å². The monoisotopic (exact) mass is 398 g/mol. The Bertz CT molecular complexity index is 862. The molecule has 2 aromatic rings. The van der Waals surface area contributed by atoms with Gasteiger partial charge in [0.2, 0.25) is 6.41 Å². The Morgan fingerprint density at radius 3 is 2.21 bits per heavy atom. The van der Waals surface area contributed by atoms with E-state index in [1.165, 1.54) is 18.5 Å². The van der Waals surface area contributed by atoms with Crippen molar-refractivity contribution in [2.45, 2.75) is 0 Å². The van der Waals surface area contributed by atoms with E-state index in [0.717, 1.165) is 44.1 Å². The zero-order valence-corrected chi connectivity index (χ0v) is 16.1. The van der Waals surface area contributed by atoms with Crippen LogP contribution in [0, 0.1) is 5.82 Å². The van der Waals surface area contributed by atoms with Crippen molar-refractivity contribution in [2.24, 2.45) is 0 Å². The molecule has 1 aromatic heterocycles. The molecule has 0 N–H and O–H groups in total. The minimum atomic E-state index is -0.238. The van der Waals surface area contributed by atoms with Crippen LogP contribution in [-0.4, -0.2) is 84.4 Å². The Hall–Kier alpha value is -3.23. The van der Waals surface area contributed by atoms with Gasteiger partial charge >= 0.3 is 0 Å². The maximum atomic E-state index is 13.1. The molecular formula is C20H23FN6O2. The van der Waals surface area contributed by atoms with E-state index >= 15 is 0 Å². The fraction of sp³-hybridized carbons (Fsp3) is 0.400. The van der Waals surface area contributed by atoms with Crippen LogP contribution in [0.1, 0.15) is 10.5 Å². The van der Waals surface area contributed by atoms with Crippen LogP contribution in [0.3, 0.4) is 0 Å². The van der Waals surface area contributed by atoms with E-state index in [1.807, 2.05) is 0 Å². The molecule has 2 aliphatic heterocycles. The molecule has 9 heteroatoms. The van der Waals surface area contributed by atoms with Crippen LogP contribution in [0.25, 0.3) is 0 Å². The van der Waals surface area contributed by atoms with Gasteiger partial charge in [-0.2, -0.15) is 0 Å². The number of anilines is 2. The molecule has 0 bridgehead atoms. The second-order valence-corrected chi connectivity index (χ2v) is 7.15. The fourth-order valence-corrected chi connectivity index (χ4v) is 3.68. The third kappa shape index (κ3) is 4.28. The Labute approximate surface area is 168 Å². The van der Waals surface area contributed by atoms with E-state index in [9.17, 15) is 14.0 Å². The Kier molecular flexibility index (Phi) is 5.55. The molecule has 2 aliphatic rings. The first-order valence-electron chi connectivity index (χ1n) is 9.70. The van der Waals surface area contributed by atoms with Crippen molar-refractivity contribution in [1.29, 1.82) is 0 Å². The average Bonchev–Trinajstić information content (AvgIpc) is 2.79. The minimum absolute atomic E-state index is 0.135. The van der Waals surface area contributed by atoms with Gasteiger partial charge in [0, 0.05) is 64.1 Å². The molecule has 1 aromatic carbocycles. The Morgan fingerprint density at radius 1 is 0.897 bits per heavy atom. The van der Waals surface area contributed by atoms with Gasteiger partial charge in [0.25, 0.3) is 5.91 Å². The van der Waals surface area contributed by atoms with Gasteiger partial charge < -0.3 is 19.6 Å². The largest absolute Gasteiger partial charge is 0.368 e. The first kappa shape index (κ1) is 19.1. The summed E-state index contributed by atoms with van der Waals surface area (Å²) in [4.78, 5) is 39.8. The van der Waals surface area contributed by atoms with Crippen LogP contribution >= 0.6 is 0 Å². The Balaban J connectivity index is 1.38. The maximum absolute atomic E-state index is 13.1. The van der Waals surface area contributed by atoms with Crippen molar-refractivity contribution in [3.05, 3.63) is 48.2 Å². The van der Waals surface area contributed by atoms with Gasteiger partial charge in [0.1, 0.15) is 23.7 Å². The number of piperazine rings is 2. The van der Waals surface area contributed by atoms with E-state index in [2.05, 4.69) is 19.8 Å². The highest BCUT2D eigenvalue weighted by Gasteiger charge is 2.24.